The quantitative estimate of drug-likeness (QED) is 0.689. The lowest BCUT2D eigenvalue weighted by atomic mass is 10.0. The van der Waals surface area contributed by atoms with Gasteiger partial charge in [-0.2, -0.15) is 4.68 Å². The molecular weight excluding hydrogens is 364 g/mol. The van der Waals surface area contributed by atoms with Gasteiger partial charge in [-0.15, -0.1) is 16.4 Å². The van der Waals surface area contributed by atoms with E-state index >= 15 is 0 Å². The Hall–Kier alpha value is -2.71. The van der Waals surface area contributed by atoms with Crippen LogP contribution >= 0.6 is 11.3 Å². The van der Waals surface area contributed by atoms with Crippen LogP contribution in [0.2, 0.25) is 0 Å². The molecule has 0 N–H and O–H groups in total. The van der Waals surface area contributed by atoms with Crippen LogP contribution in [0.3, 0.4) is 0 Å². The Morgan fingerprint density at radius 2 is 2.04 bits per heavy atom. The van der Waals surface area contributed by atoms with Gasteiger partial charge in [0, 0.05) is 19.6 Å². The number of hydrogen-bond donors (Lipinski definition) is 0. The highest BCUT2D eigenvalue weighted by Crippen LogP contribution is 2.25. The summed E-state index contributed by atoms with van der Waals surface area (Å²) >= 11 is 1.43. The van der Waals surface area contributed by atoms with Gasteiger partial charge in [0.05, 0.1) is 10.9 Å². The second-order valence-electron chi connectivity index (χ2n) is 6.58. The van der Waals surface area contributed by atoms with Crippen molar-refractivity contribution >= 4 is 17.2 Å². The minimum atomic E-state index is -0.614. The van der Waals surface area contributed by atoms with Crippen molar-refractivity contribution in [2.75, 3.05) is 26.7 Å². The van der Waals surface area contributed by atoms with Gasteiger partial charge < -0.3 is 14.2 Å². The monoisotopic (exact) mass is 384 g/mol. The predicted molar refractivity (Wildman–Crippen MR) is 102 cm³/mol. The molecule has 7 nitrogen and oxygen atoms in total. The Balaban J connectivity index is 1.55. The molecule has 4 rings (SSSR count). The number of rotatable bonds is 4. The first-order valence-electron chi connectivity index (χ1n) is 8.76. The van der Waals surface area contributed by atoms with Crippen LogP contribution in [-0.4, -0.2) is 52.2 Å². The normalized spacial score (nSPS) is 18.0. The molecule has 2 aromatic heterocycles. The van der Waals surface area contributed by atoms with Crippen LogP contribution in [-0.2, 0) is 11.3 Å². The molecule has 1 atom stereocenters. The fourth-order valence-corrected chi connectivity index (χ4v) is 3.95. The van der Waals surface area contributed by atoms with Crippen molar-refractivity contribution in [1.82, 2.24) is 19.6 Å². The van der Waals surface area contributed by atoms with Gasteiger partial charge >= 0.3 is 5.76 Å². The summed E-state index contributed by atoms with van der Waals surface area (Å²) in [4.78, 5) is 29.9. The minimum Gasteiger partial charge on any atom is -0.387 e. The molecular formula is C19H20N4O3S. The Kier molecular flexibility index (Phi) is 4.91. The summed E-state index contributed by atoms with van der Waals surface area (Å²) in [6.07, 6.45) is 0. The summed E-state index contributed by atoms with van der Waals surface area (Å²) in [5.74, 6) is -0.497. The van der Waals surface area contributed by atoms with Gasteiger partial charge in [-0.25, -0.2) is 4.79 Å². The van der Waals surface area contributed by atoms with Gasteiger partial charge in [0.25, 0.3) is 5.89 Å². The number of amides is 1. The van der Waals surface area contributed by atoms with E-state index in [9.17, 15) is 9.59 Å². The van der Waals surface area contributed by atoms with E-state index in [0.717, 1.165) is 28.2 Å². The standard InChI is InChI=1S/C19H20N4O3S/c1-21-9-10-22(15(12-21)14-6-3-2-4-7-14)17(24)13-23-19(25)26-18(20-23)16-8-5-11-27-16/h2-8,11,15H,9-10,12-13H2,1H3/t15-/m1/s1. The van der Waals surface area contributed by atoms with E-state index in [2.05, 4.69) is 10.00 Å². The molecule has 0 aliphatic carbocycles. The van der Waals surface area contributed by atoms with Crippen LogP contribution in [0.15, 0.2) is 57.1 Å². The lowest BCUT2D eigenvalue weighted by Gasteiger charge is -2.40. The predicted octanol–water partition coefficient (Wildman–Crippen LogP) is 2.08. The molecule has 3 heterocycles. The van der Waals surface area contributed by atoms with E-state index < -0.39 is 5.76 Å². The van der Waals surface area contributed by atoms with Gasteiger partial charge in [0.15, 0.2) is 0 Å². The maximum absolute atomic E-state index is 13.0. The molecule has 0 saturated carbocycles. The molecule has 140 valence electrons. The molecule has 8 heteroatoms. The molecule has 1 aromatic carbocycles. The number of hydrogen-bond acceptors (Lipinski definition) is 6. The summed E-state index contributed by atoms with van der Waals surface area (Å²) in [6, 6.07) is 13.6. The van der Waals surface area contributed by atoms with Gasteiger partial charge in [-0.05, 0) is 24.1 Å². The number of carbonyl (C=O) groups excluding carboxylic acids is 1. The summed E-state index contributed by atoms with van der Waals surface area (Å²) in [7, 11) is 2.05. The SMILES string of the molecule is CN1CCN(C(=O)Cn2nc(-c3cccs3)oc2=O)[C@@H](c2ccccc2)C1. The van der Waals surface area contributed by atoms with E-state index in [4.69, 9.17) is 4.42 Å². The lowest BCUT2D eigenvalue weighted by Crippen LogP contribution is -2.50. The van der Waals surface area contributed by atoms with Gasteiger partial charge in [-0.3, -0.25) is 4.79 Å². The molecule has 3 aromatic rings. The topological polar surface area (TPSA) is 71.6 Å². The molecule has 0 spiro atoms. The van der Waals surface area contributed by atoms with Crippen molar-refractivity contribution in [2.24, 2.45) is 0 Å². The maximum atomic E-state index is 13.0. The highest BCUT2D eigenvalue weighted by Gasteiger charge is 2.30. The number of benzene rings is 1. The molecule has 0 radical (unpaired) electrons. The lowest BCUT2D eigenvalue weighted by molar-refractivity contribution is -0.137. The second kappa shape index (κ2) is 7.50. The average molecular weight is 384 g/mol. The van der Waals surface area contributed by atoms with Gasteiger partial charge in [0.2, 0.25) is 5.91 Å². The van der Waals surface area contributed by atoms with E-state index in [1.54, 1.807) is 0 Å². The zero-order chi connectivity index (χ0) is 18.8. The van der Waals surface area contributed by atoms with E-state index in [-0.39, 0.29) is 24.4 Å². The molecule has 1 saturated heterocycles. The fourth-order valence-electron chi connectivity index (χ4n) is 3.30. The number of piperazine rings is 1. The Morgan fingerprint density at radius 3 is 2.78 bits per heavy atom. The summed E-state index contributed by atoms with van der Waals surface area (Å²) < 4.78 is 6.31. The first kappa shape index (κ1) is 17.7. The van der Waals surface area contributed by atoms with Crippen LogP contribution in [0.1, 0.15) is 11.6 Å². The zero-order valence-electron chi connectivity index (χ0n) is 14.9. The first-order chi connectivity index (χ1) is 13.1. The highest BCUT2D eigenvalue weighted by molar-refractivity contribution is 7.13. The Labute approximate surface area is 160 Å². The number of nitrogens with zero attached hydrogens (tertiary/aromatic N) is 4. The zero-order valence-corrected chi connectivity index (χ0v) is 15.8. The molecule has 27 heavy (non-hydrogen) atoms. The molecule has 1 aliphatic rings. The third-order valence-electron chi connectivity index (χ3n) is 4.71. The smallest absolute Gasteiger partial charge is 0.387 e. The maximum Gasteiger partial charge on any atom is 0.437 e. The Morgan fingerprint density at radius 1 is 1.22 bits per heavy atom. The van der Waals surface area contributed by atoms with Gasteiger partial charge in [0.1, 0.15) is 6.54 Å². The van der Waals surface area contributed by atoms with Crippen molar-refractivity contribution in [3.63, 3.8) is 0 Å². The van der Waals surface area contributed by atoms with Crippen molar-refractivity contribution < 1.29 is 9.21 Å². The fraction of sp³-hybridized carbons (Fsp3) is 0.316. The number of aromatic nitrogens is 2. The summed E-state index contributed by atoms with van der Waals surface area (Å²) in [5.41, 5.74) is 1.09. The molecule has 0 bridgehead atoms. The second-order valence-corrected chi connectivity index (χ2v) is 7.53. The van der Waals surface area contributed by atoms with Crippen LogP contribution < -0.4 is 5.76 Å². The third kappa shape index (κ3) is 3.72. The van der Waals surface area contributed by atoms with Crippen molar-refractivity contribution in [1.29, 1.82) is 0 Å². The minimum absolute atomic E-state index is 0.0446. The number of likely N-dealkylation sites (N-methyl/N-ethyl adjacent to an activating group) is 1. The molecule has 0 unspecified atom stereocenters. The van der Waals surface area contributed by atoms with Crippen molar-refractivity contribution in [3.8, 4) is 10.8 Å². The van der Waals surface area contributed by atoms with Crippen LogP contribution in [0.4, 0.5) is 0 Å². The van der Waals surface area contributed by atoms with E-state index in [0.29, 0.717) is 6.54 Å². The van der Waals surface area contributed by atoms with Crippen molar-refractivity contribution in [3.05, 3.63) is 64.0 Å². The van der Waals surface area contributed by atoms with Crippen molar-refractivity contribution in [2.45, 2.75) is 12.6 Å². The summed E-state index contributed by atoms with van der Waals surface area (Å²) in [6.45, 7) is 2.03. The largest absolute Gasteiger partial charge is 0.437 e. The Bertz CT molecular complexity index is 965. The van der Waals surface area contributed by atoms with E-state index in [1.165, 1.54) is 11.3 Å². The highest BCUT2D eigenvalue weighted by atomic mass is 32.1. The molecule has 1 aliphatic heterocycles. The average Bonchev–Trinajstić information content (AvgIpc) is 3.33. The van der Waals surface area contributed by atoms with E-state index in [1.807, 2.05) is 59.8 Å². The van der Waals surface area contributed by atoms with Crippen LogP contribution in [0, 0.1) is 0 Å². The third-order valence-corrected chi connectivity index (χ3v) is 5.57. The van der Waals surface area contributed by atoms with Crippen LogP contribution in [0.5, 0.6) is 0 Å². The van der Waals surface area contributed by atoms with Gasteiger partial charge in [-0.1, -0.05) is 36.4 Å². The molecule has 1 amide bonds. The molecule has 1 fully saturated rings. The number of thiophene rings is 1. The summed E-state index contributed by atoms with van der Waals surface area (Å²) in [5, 5.41) is 6.07. The number of carbonyl (C=O) groups is 1. The first-order valence-corrected chi connectivity index (χ1v) is 9.64. The van der Waals surface area contributed by atoms with Crippen LogP contribution in [0.25, 0.3) is 10.8 Å².